The number of carbonyl (C=O) groups excluding carboxylic acids is 2. The number of amides is 2. The van der Waals surface area contributed by atoms with E-state index in [0.717, 1.165) is 5.56 Å². The molecule has 0 aliphatic heterocycles. The molecule has 0 aliphatic rings. The zero-order chi connectivity index (χ0) is 15.8. The summed E-state index contributed by atoms with van der Waals surface area (Å²) in [5, 5.41) is 11.9. The monoisotopic (exact) mass is 287 g/mol. The third kappa shape index (κ3) is 5.65. The third-order valence-corrected chi connectivity index (χ3v) is 2.94. The highest BCUT2D eigenvalue weighted by Gasteiger charge is 2.23. The molecule has 0 radical (unpaired) electrons. The molecule has 2 amide bonds. The van der Waals surface area contributed by atoms with Gasteiger partial charge in [0.2, 0.25) is 11.8 Å². The molecular weight excluding hydrogens is 266 g/mol. The number of rotatable bonds is 6. The second-order valence-corrected chi connectivity index (χ2v) is 5.29. The number of hydrogen-bond donors (Lipinski definition) is 1. The molecule has 0 fully saturated rings. The van der Waals surface area contributed by atoms with E-state index >= 15 is 0 Å². The first-order valence-corrected chi connectivity index (χ1v) is 6.92. The van der Waals surface area contributed by atoms with Gasteiger partial charge < -0.3 is 10.2 Å². The lowest BCUT2D eigenvalue weighted by molar-refractivity contribution is -0.136. The van der Waals surface area contributed by atoms with E-state index in [1.54, 1.807) is 0 Å². The summed E-state index contributed by atoms with van der Waals surface area (Å²) in [5.74, 6) is -1.33. The van der Waals surface area contributed by atoms with Crippen LogP contribution in [0.1, 0.15) is 19.4 Å². The van der Waals surface area contributed by atoms with Crippen LogP contribution >= 0.6 is 0 Å². The highest BCUT2D eigenvalue weighted by Crippen LogP contribution is 2.10. The first-order valence-electron chi connectivity index (χ1n) is 6.92. The molecule has 1 rings (SSSR count). The van der Waals surface area contributed by atoms with Crippen molar-refractivity contribution in [2.45, 2.75) is 26.3 Å². The van der Waals surface area contributed by atoms with Crippen LogP contribution in [0.25, 0.3) is 0 Å². The summed E-state index contributed by atoms with van der Waals surface area (Å²) in [4.78, 5) is 25.2. The summed E-state index contributed by atoms with van der Waals surface area (Å²) in [6, 6.07) is 11.4. The fourth-order valence-electron chi connectivity index (χ4n) is 1.96. The summed E-state index contributed by atoms with van der Waals surface area (Å²) in [7, 11) is 1.54. The molecule has 0 bridgehead atoms. The predicted molar refractivity (Wildman–Crippen MR) is 80.2 cm³/mol. The molecule has 1 N–H and O–H groups in total. The summed E-state index contributed by atoms with van der Waals surface area (Å²) < 4.78 is 0. The molecule has 0 aliphatic carbocycles. The van der Waals surface area contributed by atoms with Crippen molar-refractivity contribution in [1.29, 1.82) is 5.26 Å². The Morgan fingerprint density at radius 3 is 2.43 bits per heavy atom. The molecule has 1 aromatic carbocycles. The first kappa shape index (κ1) is 16.7. The van der Waals surface area contributed by atoms with Gasteiger partial charge in [-0.05, 0) is 25.8 Å². The topological polar surface area (TPSA) is 73.2 Å². The lowest BCUT2D eigenvalue weighted by atomic mass is 9.99. The average Bonchev–Trinajstić information content (AvgIpc) is 2.44. The number of nitrogens with zero attached hydrogens (tertiary/aromatic N) is 2. The largest absolute Gasteiger partial charge is 0.352 e. The van der Waals surface area contributed by atoms with Crippen molar-refractivity contribution in [2.75, 3.05) is 13.6 Å². The summed E-state index contributed by atoms with van der Waals surface area (Å²) in [6.07, 6.45) is 0.353. The molecule has 1 atom stereocenters. The van der Waals surface area contributed by atoms with Crippen LogP contribution in [0.2, 0.25) is 0 Å². The number of hydrogen-bond acceptors (Lipinski definition) is 3. The summed E-state index contributed by atoms with van der Waals surface area (Å²) >= 11 is 0. The van der Waals surface area contributed by atoms with Gasteiger partial charge in [-0.15, -0.1) is 0 Å². The van der Waals surface area contributed by atoms with E-state index in [4.69, 9.17) is 0 Å². The molecular formula is C16H21N3O2. The maximum Gasteiger partial charge on any atom is 0.240 e. The van der Waals surface area contributed by atoms with Crippen molar-refractivity contribution in [1.82, 2.24) is 10.2 Å². The second kappa shape index (κ2) is 8.05. The first-order chi connectivity index (χ1) is 9.93. The number of likely N-dealkylation sites (N-methyl/N-ethyl adjacent to an activating group) is 1. The Kier molecular flexibility index (Phi) is 6.41. The van der Waals surface area contributed by atoms with Gasteiger partial charge in [-0.3, -0.25) is 9.59 Å². The number of nitrogens with one attached hydrogen (secondary N) is 1. The van der Waals surface area contributed by atoms with E-state index in [1.165, 1.54) is 11.9 Å². The normalized spacial score (nSPS) is 11.6. The van der Waals surface area contributed by atoms with Crippen molar-refractivity contribution in [3.63, 3.8) is 0 Å². The molecule has 0 spiro atoms. The summed E-state index contributed by atoms with van der Waals surface area (Å²) in [5.41, 5.74) is 0.928. The van der Waals surface area contributed by atoms with Gasteiger partial charge in [0.25, 0.3) is 0 Å². The van der Waals surface area contributed by atoms with Gasteiger partial charge >= 0.3 is 0 Å². The van der Waals surface area contributed by atoms with Gasteiger partial charge in [0.1, 0.15) is 5.92 Å². The van der Waals surface area contributed by atoms with Crippen molar-refractivity contribution < 1.29 is 9.59 Å². The Balaban J connectivity index is 2.62. The van der Waals surface area contributed by atoms with Gasteiger partial charge in [-0.1, -0.05) is 30.3 Å². The Labute approximate surface area is 125 Å². The van der Waals surface area contributed by atoms with E-state index in [1.807, 2.05) is 50.2 Å². The molecule has 0 heterocycles. The zero-order valence-corrected chi connectivity index (χ0v) is 12.7. The number of benzene rings is 1. The maximum atomic E-state index is 12.2. The van der Waals surface area contributed by atoms with Crippen LogP contribution in [-0.2, 0) is 16.0 Å². The van der Waals surface area contributed by atoms with Crippen LogP contribution in [-0.4, -0.2) is 36.3 Å². The Hall–Kier alpha value is -2.35. The van der Waals surface area contributed by atoms with E-state index in [-0.39, 0.29) is 24.4 Å². The van der Waals surface area contributed by atoms with Crippen molar-refractivity contribution in [3.8, 4) is 6.07 Å². The summed E-state index contributed by atoms with van der Waals surface area (Å²) in [6.45, 7) is 3.67. The fourth-order valence-corrected chi connectivity index (χ4v) is 1.96. The number of nitriles is 1. The van der Waals surface area contributed by atoms with Crippen LogP contribution in [0.5, 0.6) is 0 Å². The second-order valence-electron chi connectivity index (χ2n) is 5.29. The minimum absolute atomic E-state index is 0.0251. The molecule has 0 saturated heterocycles. The van der Waals surface area contributed by atoms with Crippen LogP contribution in [0.3, 0.4) is 0 Å². The minimum Gasteiger partial charge on any atom is -0.352 e. The number of carbonyl (C=O) groups is 2. The standard InChI is InChI=1S/C16H21N3O2/c1-12(2)18-15(20)11-19(3)16(21)14(10-17)9-13-7-5-4-6-8-13/h4-8,12,14H,9,11H2,1-3H3,(H,18,20). The highest BCUT2D eigenvalue weighted by atomic mass is 16.2. The molecule has 0 saturated carbocycles. The van der Waals surface area contributed by atoms with E-state index in [9.17, 15) is 14.9 Å². The van der Waals surface area contributed by atoms with Crippen molar-refractivity contribution in [3.05, 3.63) is 35.9 Å². The maximum absolute atomic E-state index is 12.2. The predicted octanol–water partition coefficient (Wildman–Crippen LogP) is 1.35. The van der Waals surface area contributed by atoms with Gasteiger partial charge in [0, 0.05) is 13.1 Å². The van der Waals surface area contributed by atoms with Gasteiger partial charge in [-0.2, -0.15) is 5.26 Å². The van der Waals surface area contributed by atoms with Crippen LogP contribution in [0.15, 0.2) is 30.3 Å². The third-order valence-electron chi connectivity index (χ3n) is 2.94. The molecule has 112 valence electrons. The Morgan fingerprint density at radius 2 is 1.90 bits per heavy atom. The fraction of sp³-hybridized carbons (Fsp3) is 0.438. The lowest BCUT2D eigenvalue weighted by Gasteiger charge is -2.20. The van der Waals surface area contributed by atoms with E-state index in [2.05, 4.69) is 5.32 Å². The molecule has 21 heavy (non-hydrogen) atoms. The SMILES string of the molecule is CC(C)NC(=O)CN(C)C(=O)C(C#N)Cc1ccccc1. The van der Waals surface area contributed by atoms with Crippen LogP contribution in [0.4, 0.5) is 0 Å². The lowest BCUT2D eigenvalue weighted by Crippen LogP contribution is -2.43. The van der Waals surface area contributed by atoms with Crippen molar-refractivity contribution >= 4 is 11.8 Å². The molecule has 1 aromatic rings. The molecule has 1 unspecified atom stereocenters. The van der Waals surface area contributed by atoms with Gasteiger partial charge in [0.05, 0.1) is 12.6 Å². The smallest absolute Gasteiger partial charge is 0.240 e. The van der Waals surface area contributed by atoms with E-state index < -0.39 is 5.92 Å². The average molecular weight is 287 g/mol. The van der Waals surface area contributed by atoms with E-state index in [0.29, 0.717) is 6.42 Å². The van der Waals surface area contributed by atoms with Crippen molar-refractivity contribution in [2.24, 2.45) is 5.92 Å². The molecule has 5 nitrogen and oxygen atoms in total. The Morgan fingerprint density at radius 1 is 1.29 bits per heavy atom. The molecule has 5 heteroatoms. The highest BCUT2D eigenvalue weighted by molar-refractivity contribution is 5.87. The minimum atomic E-state index is -0.774. The van der Waals surface area contributed by atoms with Gasteiger partial charge in [0.15, 0.2) is 0 Å². The van der Waals surface area contributed by atoms with Gasteiger partial charge in [-0.25, -0.2) is 0 Å². The zero-order valence-electron chi connectivity index (χ0n) is 12.7. The van der Waals surface area contributed by atoms with Crippen LogP contribution in [0, 0.1) is 17.2 Å². The van der Waals surface area contributed by atoms with Crippen LogP contribution < -0.4 is 5.32 Å². The Bertz CT molecular complexity index is 520. The molecule has 0 aromatic heterocycles. The quantitative estimate of drug-likeness (QED) is 0.858.